The molecule has 2 aliphatic heterocycles. The van der Waals surface area contributed by atoms with E-state index < -0.39 is 10.0 Å². The van der Waals surface area contributed by atoms with Gasteiger partial charge in [0.15, 0.2) is 0 Å². The molecule has 0 aromatic heterocycles. The van der Waals surface area contributed by atoms with Crippen molar-refractivity contribution in [3.63, 3.8) is 0 Å². The van der Waals surface area contributed by atoms with Gasteiger partial charge in [-0.25, -0.2) is 8.42 Å². The summed E-state index contributed by atoms with van der Waals surface area (Å²) in [5, 5.41) is 3.24. The first-order valence-corrected chi connectivity index (χ1v) is 13.0. The van der Waals surface area contributed by atoms with E-state index in [1.165, 1.54) is 10.7 Å². The first-order valence-electron chi connectivity index (χ1n) is 11.5. The molecule has 2 atom stereocenters. The first kappa shape index (κ1) is 24.2. The van der Waals surface area contributed by atoms with Crippen LogP contribution in [0.15, 0.2) is 29.2 Å². The topological polar surface area (TPSA) is 73.0 Å². The summed E-state index contributed by atoms with van der Waals surface area (Å²) in [6.07, 6.45) is 1.44. The Kier molecular flexibility index (Phi) is 8.50. The molecule has 2 heterocycles. The summed E-state index contributed by atoms with van der Waals surface area (Å²) >= 11 is 0. The summed E-state index contributed by atoms with van der Waals surface area (Å²) in [5.74, 6) is 1.28. The van der Waals surface area contributed by atoms with Crippen molar-refractivity contribution in [3.05, 3.63) is 29.8 Å². The molecule has 7 nitrogen and oxygen atoms in total. The second kappa shape index (κ2) is 10.9. The van der Waals surface area contributed by atoms with Gasteiger partial charge in [-0.3, -0.25) is 4.79 Å². The lowest BCUT2D eigenvalue weighted by Gasteiger charge is -2.36. The second-order valence-electron chi connectivity index (χ2n) is 9.26. The van der Waals surface area contributed by atoms with Gasteiger partial charge >= 0.3 is 0 Å². The SMILES string of the molecule is Cc1ccccc1S(=O)(=O)N(CCC(=O)N1CCNCC1)CCN1C[C@H](C)C[C@@H](C)C1. The van der Waals surface area contributed by atoms with Gasteiger partial charge in [-0.05, 0) is 36.8 Å². The van der Waals surface area contributed by atoms with Crippen LogP contribution in [0.3, 0.4) is 0 Å². The quantitative estimate of drug-likeness (QED) is 0.654. The van der Waals surface area contributed by atoms with Gasteiger partial charge in [-0.15, -0.1) is 0 Å². The van der Waals surface area contributed by atoms with E-state index in [9.17, 15) is 13.2 Å². The van der Waals surface area contributed by atoms with Crippen molar-refractivity contribution >= 4 is 15.9 Å². The Morgan fingerprint density at radius 3 is 2.39 bits per heavy atom. The number of benzene rings is 1. The molecular weight excluding hydrogens is 412 g/mol. The predicted octanol–water partition coefficient (Wildman–Crippen LogP) is 1.79. The molecule has 3 rings (SSSR count). The van der Waals surface area contributed by atoms with Crippen LogP contribution in [0.4, 0.5) is 0 Å². The molecule has 0 radical (unpaired) electrons. The number of hydrogen-bond acceptors (Lipinski definition) is 5. The Morgan fingerprint density at radius 1 is 1.10 bits per heavy atom. The number of sulfonamides is 1. The van der Waals surface area contributed by atoms with Crippen LogP contribution in [-0.4, -0.2) is 87.3 Å². The molecule has 8 heteroatoms. The van der Waals surface area contributed by atoms with Crippen molar-refractivity contribution in [2.45, 2.75) is 38.5 Å². The lowest BCUT2D eigenvalue weighted by atomic mass is 9.92. The van der Waals surface area contributed by atoms with Crippen LogP contribution < -0.4 is 5.32 Å². The maximum Gasteiger partial charge on any atom is 0.243 e. The zero-order valence-corrected chi connectivity index (χ0v) is 20.0. The number of rotatable bonds is 8. The molecule has 0 bridgehead atoms. The Hall–Kier alpha value is -1.48. The monoisotopic (exact) mass is 450 g/mol. The highest BCUT2D eigenvalue weighted by atomic mass is 32.2. The van der Waals surface area contributed by atoms with E-state index in [2.05, 4.69) is 24.1 Å². The number of amides is 1. The van der Waals surface area contributed by atoms with E-state index in [4.69, 9.17) is 0 Å². The van der Waals surface area contributed by atoms with Gasteiger partial charge in [-0.1, -0.05) is 32.0 Å². The van der Waals surface area contributed by atoms with Crippen LogP contribution in [0.5, 0.6) is 0 Å². The van der Waals surface area contributed by atoms with Crippen LogP contribution in [0.25, 0.3) is 0 Å². The summed E-state index contributed by atoms with van der Waals surface area (Å²) in [6.45, 7) is 12.6. The highest BCUT2D eigenvalue weighted by molar-refractivity contribution is 7.89. The fourth-order valence-electron chi connectivity index (χ4n) is 4.86. The minimum atomic E-state index is -3.66. The molecule has 174 valence electrons. The zero-order valence-electron chi connectivity index (χ0n) is 19.2. The highest BCUT2D eigenvalue weighted by Gasteiger charge is 2.29. The summed E-state index contributed by atoms with van der Waals surface area (Å²) in [7, 11) is -3.66. The van der Waals surface area contributed by atoms with Gasteiger partial charge in [0.25, 0.3) is 0 Å². The minimum absolute atomic E-state index is 0.0340. The van der Waals surface area contributed by atoms with Crippen molar-refractivity contribution in [2.24, 2.45) is 11.8 Å². The largest absolute Gasteiger partial charge is 0.340 e. The third kappa shape index (κ3) is 6.51. The number of likely N-dealkylation sites (tertiary alicyclic amines) is 1. The predicted molar refractivity (Wildman–Crippen MR) is 123 cm³/mol. The normalized spacial score (nSPS) is 23.3. The Bertz CT molecular complexity index is 829. The Morgan fingerprint density at radius 2 is 1.74 bits per heavy atom. The number of nitrogens with one attached hydrogen (secondary N) is 1. The molecule has 0 saturated carbocycles. The lowest BCUT2D eigenvalue weighted by Crippen LogP contribution is -2.48. The highest BCUT2D eigenvalue weighted by Crippen LogP contribution is 2.23. The van der Waals surface area contributed by atoms with E-state index >= 15 is 0 Å². The molecule has 31 heavy (non-hydrogen) atoms. The van der Waals surface area contributed by atoms with Gasteiger partial charge in [0.1, 0.15) is 0 Å². The van der Waals surface area contributed by atoms with Crippen LogP contribution in [-0.2, 0) is 14.8 Å². The Labute approximate surface area is 187 Å². The van der Waals surface area contributed by atoms with Crippen molar-refractivity contribution in [1.29, 1.82) is 0 Å². The van der Waals surface area contributed by atoms with Gasteiger partial charge in [0.2, 0.25) is 15.9 Å². The molecule has 1 aromatic carbocycles. The molecule has 1 amide bonds. The number of carbonyl (C=O) groups is 1. The maximum absolute atomic E-state index is 13.5. The van der Waals surface area contributed by atoms with E-state index in [0.717, 1.165) is 31.7 Å². The molecule has 1 aromatic rings. The smallest absolute Gasteiger partial charge is 0.243 e. The average Bonchev–Trinajstić information content (AvgIpc) is 2.73. The number of carbonyl (C=O) groups excluding carboxylic acids is 1. The van der Waals surface area contributed by atoms with Gasteiger partial charge in [-0.2, -0.15) is 4.31 Å². The van der Waals surface area contributed by atoms with E-state index in [0.29, 0.717) is 42.9 Å². The van der Waals surface area contributed by atoms with Crippen molar-refractivity contribution < 1.29 is 13.2 Å². The van der Waals surface area contributed by atoms with E-state index in [-0.39, 0.29) is 18.9 Å². The molecular formula is C23H38N4O3S. The summed E-state index contributed by atoms with van der Waals surface area (Å²) < 4.78 is 28.6. The lowest BCUT2D eigenvalue weighted by molar-refractivity contribution is -0.131. The standard InChI is InChI=1S/C23H38N4O3S/c1-19-16-20(2)18-25(17-19)14-15-27(11-8-23(28)26-12-9-24-10-13-26)31(29,30)22-7-5-4-6-21(22)3/h4-7,19-20,24H,8-18H2,1-3H3/t19-,20-/m1/s1. The van der Waals surface area contributed by atoms with Crippen molar-refractivity contribution in [2.75, 3.05) is 58.9 Å². The zero-order chi connectivity index (χ0) is 22.4. The number of piperidine rings is 1. The number of nitrogens with zero attached hydrogens (tertiary/aromatic N) is 3. The fraction of sp³-hybridized carbons (Fsp3) is 0.696. The van der Waals surface area contributed by atoms with Crippen LogP contribution >= 0.6 is 0 Å². The molecule has 0 spiro atoms. The van der Waals surface area contributed by atoms with Crippen LogP contribution in [0.1, 0.15) is 32.3 Å². The molecule has 2 saturated heterocycles. The number of piperazine rings is 1. The molecule has 2 aliphatic rings. The van der Waals surface area contributed by atoms with Crippen LogP contribution in [0, 0.1) is 18.8 Å². The molecule has 0 unspecified atom stereocenters. The van der Waals surface area contributed by atoms with Crippen LogP contribution in [0.2, 0.25) is 0 Å². The number of hydrogen-bond donors (Lipinski definition) is 1. The maximum atomic E-state index is 13.5. The van der Waals surface area contributed by atoms with E-state index in [1.807, 2.05) is 24.0 Å². The third-order valence-corrected chi connectivity index (χ3v) is 8.43. The van der Waals surface area contributed by atoms with Crippen molar-refractivity contribution in [1.82, 2.24) is 19.4 Å². The molecule has 0 aliphatic carbocycles. The fourth-order valence-corrected chi connectivity index (χ4v) is 6.51. The second-order valence-corrected chi connectivity index (χ2v) is 11.2. The molecule has 1 N–H and O–H groups in total. The first-order chi connectivity index (χ1) is 14.8. The van der Waals surface area contributed by atoms with Gasteiger partial charge in [0.05, 0.1) is 4.90 Å². The third-order valence-electron chi connectivity index (χ3n) is 6.37. The van der Waals surface area contributed by atoms with E-state index in [1.54, 1.807) is 12.1 Å². The summed E-state index contributed by atoms with van der Waals surface area (Å²) in [5.41, 5.74) is 0.737. The number of aryl methyl sites for hydroxylation is 1. The minimum Gasteiger partial charge on any atom is -0.340 e. The van der Waals surface area contributed by atoms with Crippen molar-refractivity contribution in [3.8, 4) is 0 Å². The summed E-state index contributed by atoms with van der Waals surface area (Å²) in [6, 6.07) is 7.10. The van der Waals surface area contributed by atoms with Gasteiger partial charge in [0, 0.05) is 65.3 Å². The summed E-state index contributed by atoms with van der Waals surface area (Å²) in [4.78, 5) is 17.2. The molecule has 2 fully saturated rings. The average molecular weight is 451 g/mol. The Balaban J connectivity index is 1.71. The van der Waals surface area contributed by atoms with Gasteiger partial charge < -0.3 is 15.1 Å².